The fourth-order valence-electron chi connectivity index (χ4n) is 9.72. The van der Waals surface area contributed by atoms with Crippen LogP contribution in [0.4, 0.5) is 0 Å². The van der Waals surface area contributed by atoms with E-state index in [1.165, 1.54) is 71.3 Å². The summed E-state index contributed by atoms with van der Waals surface area (Å²) < 4.78 is 6.25. The van der Waals surface area contributed by atoms with Gasteiger partial charge in [-0.3, -0.25) is 4.98 Å². The molecule has 0 saturated heterocycles. The lowest BCUT2D eigenvalue weighted by molar-refractivity contribution is 0.669. The van der Waals surface area contributed by atoms with E-state index in [1.807, 2.05) is 6.20 Å². The molecule has 1 unspecified atom stereocenters. The van der Waals surface area contributed by atoms with Crippen molar-refractivity contribution in [2.24, 2.45) is 5.92 Å². The Bertz CT molecular complexity index is 3470. The summed E-state index contributed by atoms with van der Waals surface area (Å²) >= 11 is 0. The van der Waals surface area contributed by atoms with E-state index < -0.39 is 0 Å². The molecule has 12 rings (SSSR count). The Morgan fingerprint density at radius 3 is 2.07 bits per heavy atom. The maximum Gasteiger partial charge on any atom is 0.135 e. The maximum atomic E-state index is 6.25. The molecule has 0 radical (unpaired) electrons. The number of aryl methyl sites for hydroxylation is 1. The summed E-state index contributed by atoms with van der Waals surface area (Å²) in [6.07, 6.45) is 14.4. The number of benzene rings is 8. The molecule has 0 N–H and O–H groups in total. The highest BCUT2D eigenvalue weighted by Gasteiger charge is 2.28. The number of hydrogen-bond donors (Lipinski definition) is 0. The van der Waals surface area contributed by atoms with Crippen molar-refractivity contribution in [2.45, 2.75) is 13.3 Å². The Morgan fingerprint density at radius 1 is 0.517 bits per heavy atom. The molecule has 1 atom stereocenters. The molecule has 0 aliphatic heterocycles. The molecule has 2 aromatic heterocycles. The molecule has 10 aromatic rings. The van der Waals surface area contributed by atoms with E-state index in [-0.39, 0.29) is 5.92 Å². The number of aromatic nitrogens is 2. The van der Waals surface area contributed by atoms with E-state index in [9.17, 15) is 0 Å². The van der Waals surface area contributed by atoms with Crippen molar-refractivity contribution in [1.29, 1.82) is 0 Å². The van der Waals surface area contributed by atoms with Gasteiger partial charge in [0.1, 0.15) is 11.2 Å². The van der Waals surface area contributed by atoms with Crippen LogP contribution < -0.4 is 0 Å². The van der Waals surface area contributed by atoms with Gasteiger partial charge >= 0.3 is 0 Å². The summed E-state index contributed by atoms with van der Waals surface area (Å²) in [4.78, 5) is 10.3. The number of allylic oxidation sites excluding steroid dienone is 8. The first-order chi connectivity index (χ1) is 28.7. The zero-order valence-electron chi connectivity index (χ0n) is 31.9. The summed E-state index contributed by atoms with van der Waals surface area (Å²) in [6.45, 7) is 2.16. The zero-order chi connectivity index (χ0) is 38.3. The smallest absolute Gasteiger partial charge is 0.135 e. The molecule has 58 heavy (non-hydrogen) atoms. The van der Waals surface area contributed by atoms with Crippen LogP contribution in [0, 0.1) is 12.8 Å². The Kier molecular flexibility index (Phi) is 7.27. The van der Waals surface area contributed by atoms with Crippen LogP contribution in [-0.2, 0) is 0 Å². The van der Waals surface area contributed by atoms with Crippen molar-refractivity contribution in [3.8, 4) is 22.4 Å². The normalized spacial score (nSPS) is 15.3. The monoisotopic (exact) mass is 740 g/mol. The highest BCUT2D eigenvalue weighted by molar-refractivity contribution is 6.23. The number of nitrogens with zero attached hydrogens (tertiary/aromatic N) is 2. The Hall–Kier alpha value is -7.36. The molecule has 0 spiro atoms. The van der Waals surface area contributed by atoms with E-state index in [0.717, 1.165) is 56.2 Å². The van der Waals surface area contributed by atoms with Crippen LogP contribution in [0.3, 0.4) is 0 Å². The van der Waals surface area contributed by atoms with E-state index in [4.69, 9.17) is 14.4 Å². The lowest BCUT2D eigenvalue weighted by atomic mass is 9.73. The van der Waals surface area contributed by atoms with E-state index in [2.05, 4.69) is 183 Å². The van der Waals surface area contributed by atoms with Gasteiger partial charge in [0.2, 0.25) is 0 Å². The standard InChI is InChI=1S/C55H36N2O/c1-33-12-8-25-52-53(33)49-31-35(26-29-51(49)58-52)38-27-28-46(41-16-3-2-15-39(38)41)43-24-11-22-40-37(21-10-23-42(40)43)34-13-9-14-36(30-34)50-32-56-54-47-19-6-4-17-44(47)45-18-5-7-20-48(45)55(54)57-50/h2-15,17-32,41H,16H2,1H3. The molecular formula is C55H36N2O. The fourth-order valence-corrected chi connectivity index (χ4v) is 9.72. The topological polar surface area (TPSA) is 38.9 Å². The molecule has 3 heteroatoms. The van der Waals surface area contributed by atoms with Gasteiger partial charge in [-0.2, -0.15) is 0 Å². The number of rotatable bonds is 4. The number of fused-ring (bicyclic) bond motifs is 11. The minimum absolute atomic E-state index is 0.251. The molecule has 0 saturated carbocycles. The summed E-state index contributed by atoms with van der Waals surface area (Å²) in [5.74, 6) is 0.251. The molecule has 2 aliphatic rings. The van der Waals surface area contributed by atoms with E-state index >= 15 is 0 Å². The van der Waals surface area contributed by atoms with Gasteiger partial charge in [0, 0.05) is 33.0 Å². The van der Waals surface area contributed by atoms with E-state index in [1.54, 1.807) is 0 Å². The minimum Gasteiger partial charge on any atom is -0.456 e. The minimum atomic E-state index is 0.251. The number of furan rings is 1. The van der Waals surface area contributed by atoms with Crippen LogP contribution in [0.2, 0.25) is 0 Å². The quantitative estimate of drug-likeness (QED) is 0.169. The lowest BCUT2D eigenvalue weighted by Crippen LogP contribution is -2.13. The Morgan fingerprint density at radius 2 is 1.22 bits per heavy atom. The van der Waals surface area contributed by atoms with E-state index in [0.29, 0.717) is 0 Å². The maximum absolute atomic E-state index is 6.25. The lowest BCUT2D eigenvalue weighted by Gasteiger charge is -2.30. The van der Waals surface area contributed by atoms with Gasteiger partial charge in [-0.05, 0) is 104 Å². The second-order valence-corrected chi connectivity index (χ2v) is 15.6. The SMILES string of the molecule is Cc1cccc2oc3ccc(C4=CC=C(c5cccc6c(-c7cccc(-c8cnc9c%10ccccc%10c%10ccccc%10c9n8)c7)cccc56)C5CC=CC=C45)cc3c12. The highest BCUT2D eigenvalue weighted by Crippen LogP contribution is 2.47. The molecule has 2 aliphatic carbocycles. The molecule has 8 aromatic carbocycles. The molecule has 2 heterocycles. The van der Waals surface area contributed by atoms with Gasteiger partial charge in [0.15, 0.2) is 0 Å². The van der Waals surface area contributed by atoms with Crippen LogP contribution in [-0.4, -0.2) is 9.97 Å². The summed E-state index contributed by atoms with van der Waals surface area (Å²) in [7, 11) is 0. The average Bonchev–Trinajstić information content (AvgIpc) is 3.67. The van der Waals surface area contributed by atoms with Gasteiger partial charge in [0.05, 0.1) is 22.9 Å². The Labute approximate surface area is 335 Å². The third-order valence-corrected chi connectivity index (χ3v) is 12.4. The van der Waals surface area contributed by atoms with Crippen molar-refractivity contribution in [3.05, 3.63) is 204 Å². The molecule has 0 fully saturated rings. The van der Waals surface area contributed by atoms with Crippen LogP contribution >= 0.6 is 0 Å². The largest absolute Gasteiger partial charge is 0.456 e. The fraction of sp³-hybridized carbons (Fsp3) is 0.0545. The second-order valence-electron chi connectivity index (χ2n) is 15.6. The van der Waals surface area contributed by atoms with Crippen molar-refractivity contribution in [2.75, 3.05) is 0 Å². The Balaban J connectivity index is 0.957. The predicted molar refractivity (Wildman–Crippen MR) is 243 cm³/mol. The number of hydrogen-bond acceptors (Lipinski definition) is 3. The second kappa shape index (κ2) is 12.8. The van der Waals surface area contributed by atoms with Crippen LogP contribution in [0.1, 0.15) is 23.1 Å². The third-order valence-electron chi connectivity index (χ3n) is 12.4. The molecule has 0 amide bonds. The van der Waals surface area contributed by atoms with Gasteiger partial charge in [-0.15, -0.1) is 0 Å². The van der Waals surface area contributed by atoms with Crippen molar-refractivity contribution in [1.82, 2.24) is 9.97 Å². The van der Waals surface area contributed by atoms with Crippen molar-refractivity contribution >= 4 is 76.4 Å². The summed E-state index contributed by atoms with van der Waals surface area (Å²) in [5, 5.41) is 9.51. The van der Waals surface area contributed by atoms with Gasteiger partial charge in [0.25, 0.3) is 0 Å². The first kappa shape index (κ1) is 32.8. The first-order valence-corrected chi connectivity index (χ1v) is 20.1. The zero-order valence-corrected chi connectivity index (χ0v) is 31.9. The average molecular weight is 741 g/mol. The van der Waals surface area contributed by atoms with Crippen molar-refractivity contribution < 1.29 is 4.42 Å². The van der Waals surface area contributed by atoms with Crippen LogP contribution in [0.5, 0.6) is 0 Å². The summed E-state index contributed by atoms with van der Waals surface area (Å²) in [5.41, 5.74) is 15.7. The molecule has 0 bridgehead atoms. The van der Waals surface area contributed by atoms with Crippen LogP contribution in [0.15, 0.2) is 192 Å². The highest BCUT2D eigenvalue weighted by atomic mass is 16.3. The van der Waals surface area contributed by atoms with Gasteiger partial charge in [-0.25, -0.2) is 4.98 Å². The molecular weight excluding hydrogens is 705 g/mol. The van der Waals surface area contributed by atoms with Crippen LogP contribution in [0.25, 0.3) is 98.8 Å². The van der Waals surface area contributed by atoms with Gasteiger partial charge in [-0.1, -0.05) is 152 Å². The molecule has 3 nitrogen and oxygen atoms in total. The predicted octanol–water partition coefficient (Wildman–Crippen LogP) is 14.6. The first-order valence-electron chi connectivity index (χ1n) is 20.1. The third kappa shape index (κ3) is 5.00. The summed E-state index contributed by atoms with van der Waals surface area (Å²) in [6, 6.07) is 52.3. The van der Waals surface area contributed by atoms with Crippen molar-refractivity contribution in [3.63, 3.8) is 0 Å². The molecule has 272 valence electrons. The van der Waals surface area contributed by atoms with Gasteiger partial charge < -0.3 is 4.42 Å².